The van der Waals surface area contributed by atoms with Crippen molar-refractivity contribution in [3.05, 3.63) is 26.3 Å². The number of hydrogen-bond donors (Lipinski definition) is 1. The average molecular weight is 343 g/mol. The van der Waals surface area contributed by atoms with E-state index in [0.717, 1.165) is 0 Å². The van der Waals surface area contributed by atoms with Crippen molar-refractivity contribution in [2.24, 2.45) is 0 Å². The van der Waals surface area contributed by atoms with E-state index < -0.39 is 4.92 Å². The van der Waals surface area contributed by atoms with Crippen LogP contribution in [0.4, 0.5) is 11.5 Å². The number of aromatic nitrogens is 1. The maximum Gasteiger partial charge on any atom is 0.306 e. The molecule has 20 heavy (non-hydrogen) atoms. The van der Waals surface area contributed by atoms with Crippen LogP contribution in [0.25, 0.3) is 0 Å². The molecule has 0 aromatic carbocycles. The Labute approximate surface area is 122 Å². The van der Waals surface area contributed by atoms with E-state index in [1.807, 2.05) is 0 Å². The minimum absolute atomic E-state index is 0.132. The van der Waals surface area contributed by atoms with E-state index in [1.165, 1.54) is 6.07 Å². The molecule has 1 aromatic heterocycles. The highest BCUT2D eigenvalue weighted by Crippen LogP contribution is 2.31. The second-order valence-corrected chi connectivity index (χ2v) is 4.99. The molecule has 106 valence electrons. The van der Waals surface area contributed by atoms with Gasteiger partial charge < -0.3 is 14.7 Å². The van der Waals surface area contributed by atoms with Crippen molar-refractivity contribution >= 4 is 27.4 Å². The first kappa shape index (κ1) is 14.6. The number of aliphatic hydroxyl groups is 1. The van der Waals surface area contributed by atoms with Crippen molar-refractivity contribution in [2.75, 3.05) is 31.3 Å². The number of rotatable bonds is 3. The second-order valence-electron chi connectivity index (χ2n) is 4.14. The summed E-state index contributed by atoms with van der Waals surface area (Å²) in [5, 5.41) is 29.2. The Morgan fingerprint density at radius 1 is 1.75 bits per heavy atom. The smallest absolute Gasteiger partial charge is 0.306 e. The fraction of sp³-hybridized carbons (Fsp3) is 0.455. The largest absolute Gasteiger partial charge is 0.394 e. The molecule has 2 heterocycles. The third kappa shape index (κ3) is 2.72. The standard InChI is InChI=1S/C11H11BrN4O4/c12-8-3-10(16(18)19)9(4-13)14-11(8)15-1-2-20-6-7(15)5-17/h3,7,17H,1-2,5-6H2/t7-/m1/s1. The minimum Gasteiger partial charge on any atom is -0.394 e. The lowest BCUT2D eigenvalue weighted by atomic mass is 10.2. The molecule has 1 fully saturated rings. The first-order chi connectivity index (χ1) is 9.58. The molecule has 1 atom stereocenters. The van der Waals surface area contributed by atoms with Gasteiger partial charge in [-0.1, -0.05) is 0 Å². The second kappa shape index (κ2) is 6.13. The molecule has 0 unspecified atom stereocenters. The SMILES string of the molecule is N#Cc1nc(N2CCOC[C@H]2CO)c(Br)cc1[N+](=O)[O-]. The highest BCUT2D eigenvalue weighted by Gasteiger charge is 2.28. The van der Waals surface area contributed by atoms with E-state index in [9.17, 15) is 15.2 Å². The van der Waals surface area contributed by atoms with E-state index in [2.05, 4.69) is 20.9 Å². The van der Waals surface area contributed by atoms with Gasteiger partial charge in [0.25, 0.3) is 0 Å². The number of pyridine rings is 1. The zero-order valence-electron chi connectivity index (χ0n) is 10.3. The van der Waals surface area contributed by atoms with Crippen LogP contribution in [-0.2, 0) is 4.74 Å². The van der Waals surface area contributed by atoms with Gasteiger partial charge in [0.1, 0.15) is 11.9 Å². The number of halogens is 1. The lowest BCUT2D eigenvalue weighted by molar-refractivity contribution is -0.385. The van der Waals surface area contributed by atoms with Crippen LogP contribution in [0.1, 0.15) is 5.69 Å². The Bertz CT molecular complexity index is 574. The van der Waals surface area contributed by atoms with Gasteiger partial charge in [0.15, 0.2) is 0 Å². The Morgan fingerprint density at radius 3 is 3.10 bits per heavy atom. The molecule has 1 aromatic rings. The maximum atomic E-state index is 10.9. The fourth-order valence-corrected chi connectivity index (χ4v) is 2.51. The zero-order valence-corrected chi connectivity index (χ0v) is 11.9. The highest BCUT2D eigenvalue weighted by molar-refractivity contribution is 9.10. The van der Waals surface area contributed by atoms with E-state index >= 15 is 0 Å². The van der Waals surface area contributed by atoms with Gasteiger partial charge in [0.2, 0.25) is 5.69 Å². The van der Waals surface area contributed by atoms with Crippen molar-refractivity contribution in [3.8, 4) is 6.07 Å². The van der Waals surface area contributed by atoms with Gasteiger partial charge in [-0.3, -0.25) is 10.1 Å². The monoisotopic (exact) mass is 342 g/mol. The number of ether oxygens (including phenoxy) is 1. The van der Waals surface area contributed by atoms with Crippen molar-refractivity contribution in [1.82, 2.24) is 4.98 Å². The van der Waals surface area contributed by atoms with Crippen LogP contribution < -0.4 is 4.90 Å². The van der Waals surface area contributed by atoms with Crippen molar-refractivity contribution < 1.29 is 14.8 Å². The Balaban J connectivity index is 2.46. The van der Waals surface area contributed by atoms with Crippen LogP contribution in [0.3, 0.4) is 0 Å². The van der Waals surface area contributed by atoms with Crippen LogP contribution in [0, 0.1) is 21.4 Å². The van der Waals surface area contributed by atoms with Gasteiger partial charge in [0.05, 0.1) is 35.3 Å². The minimum atomic E-state index is -0.650. The Hall–Kier alpha value is -1.76. The van der Waals surface area contributed by atoms with Crippen LogP contribution in [-0.4, -0.2) is 47.4 Å². The molecule has 0 saturated carbocycles. The van der Waals surface area contributed by atoms with Crippen LogP contribution in [0.15, 0.2) is 10.5 Å². The molecule has 0 aliphatic carbocycles. The summed E-state index contributed by atoms with van der Waals surface area (Å²) >= 11 is 3.23. The van der Waals surface area contributed by atoms with Gasteiger partial charge in [-0.25, -0.2) is 4.98 Å². The number of anilines is 1. The van der Waals surface area contributed by atoms with Gasteiger partial charge >= 0.3 is 5.69 Å². The van der Waals surface area contributed by atoms with Crippen LogP contribution >= 0.6 is 15.9 Å². The normalized spacial score (nSPS) is 18.6. The average Bonchev–Trinajstić information content (AvgIpc) is 2.46. The number of morpholine rings is 1. The summed E-state index contributed by atoms with van der Waals surface area (Å²) in [5.74, 6) is 0.398. The van der Waals surface area contributed by atoms with Crippen molar-refractivity contribution in [1.29, 1.82) is 5.26 Å². The first-order valence-corrected chi connectivity index (χ1v) is 6.58. The number of hydrogen-bond acceptors (Lipinski definition) is 7. The predicted octanol–water partition coefficient (Wildman–Crippen LogP) is 0.821. The number of aliphatic hydroxyl groups excluding tert-OH is 1. The van der Waals surface area contributed by atoms with Crippen LogP contribution in [0.2, 0.25) is 0 Å². The van der Waals surface area contributed by atoms with Crippen LogP contribution in [0.5, 0.6) is 0 Å². The summed E-state index contributed by atoms with van der Waals surface area (Å²) in [4.78, 5) is 16.0. The highest BCUT2D eigenvalue weighted by atomic mass is 79.9. The lowest BCUT2D eigenvalue weighted by Crippen LogP contribution is -2.48. The first-order valence-electron chi connectivity index (χ1n) is 5.78. The maximum absolute atomic E-state index is 10.9. The molecule has 1 saturated heterocycles. The molecule has 1 aliphatic rings. The number of nitrogens with zero attached hydrogens (tertiary/aromatic N) is 4. The summed E-state index contributed by atoms with van der Waals surface area (Å²) in [5.41, 5.74) is -0.603. The molecular weight excluding hydrogens is 332 g/mol. The summed E-state index contributed by atoms with van der Waals surface area (Å²) in [6.07, 6.45) is 0. The third-order valence-electron chi connectivity index (χ3n) is 2.95. The van der Waals surface area contributed by atoms with Gasteiger partial charge in [-0.2, -0.15) is 5.26 Å². The van der Waals surface area contributed by atoms with Gasteiger partial charge in [0, 0.05) is 12.6 Å². The topological polar surface area (TPSA) is 113 Å². The van der Waals surface area contributed by atoms with E-state index in [4.69, 9.17) is 10.00 Å². The summed E-state index contributed by atoms with van der Waals surface area (Å²) in [6, 6.07) is 2.69. The van der Waals surface area contributed by atoms with E-state index in [-0.39, 0.29) is 24.0 Å². The Morgan fingerprint density at radius 2 is 2.50 bits per heavy atom. The molecule has 0 radical (unpaired) electrons. The predicted molar refractivity (Wildman–Crippen MR) is 72.3 cm³/mol. The molecule has 2 rings (SSSR count). The van der Waals surface area contributed by atoms with Crippen molar-refractivity contribution in [3.63, 3.8) is 0 Å². The molecule has 0 bridgehead atoms. The van der Waals surface area contributed by atoms with E-state index in [1.54, 1.807) is 11.0 Å². The zero-order chi connectivity index (χ0) is 14.7. The molecule has 0 amide bonds. The number of nitriles is 1. The summed E-state index contributed by atoms with van der Waals surface area (Å²) in [6.45, 7) is 1.15. The Kier molecular flexibility index (Phi) is 4.49. The third-order valence-corrected chi connectivity index (χ3v) is 3.53. The molecule has 0 spiro atoms. The fourth-order valence-electron chi connectivity index (χ4n) is 1.98. The van der Waals surface area contributed by atoms with Gasteiger partial charge in [-0.15, -0.1) is 0 Å². The number of nitro groups is 1. The van der Waals surface area contributed by atoms with Gasteiger partial charge in [-0.05, 0) is 15.9 Å². The lowest BCUT2D eigenvalue weighted by Gasteiger charge is -2.35. The van der Waals surface area contributed by atoms with Crippen molar-refractivity contribution in [2.45, 2.75) is 6.04 Å². The summed E-state index contributed by atoms with van der Waals surface area (Å²) in [7, 11) is 0. The molecule has 9 heteroatoms. The van der Waals surface area contributed by atoms with E-state index in [0.29, 0.717) is 30.0 Å². The molecule has 8 nitrogen and oxygen atoms in total. The molecule has 1 N–H and O–H groups in total. The molecule has 1 aliphatic heterocycles. The molecular formula is C11H11BrN4O4. The quantitative estimate of drug-likeness (QED) is 0.639. The summed E-state index contributed by atoms with van der Waals surface area (Å²) < 4.78 is 5.67.